The summed E-state index contributed by atoms with van der Waals surface area (Å²) in [5.74, 6) is 0.828. The van der Waals surface area contributed by atoms with Gasteiger partial charge in [-0.05, 0) is 44.4 Å². The Hall–Kier alpha value is -3.40. The van der Waals surface area contributed by atoms with Crippen molar-refractivity contribution < 1.29 is 4.39 Å². The van der Waals surface area contributed by atoms with E-state index >= 15 is 0 Å². The van der Waals surface area contributed by atoms with Crippen LogP contribution in [0.4, 0.5) is 4.39 Å². The normalized spacial score (nSPS) is 19.1. The zero-order chi connectivity index (χ0) is 20.0. The molecule has 3 aromatic heterocycles. The maximum atomic E-state index is 14.1. The lowest BCUT2D eigenvalue weighted by atomic mass is 10.1. The molecule has 0 bridgehead atoms. The number of aromatic nitrogens is 5. The molecule has 29 heavy (non-hydrogen) atoms. The Kier molecular flexibility index (Phi) is 4.20. The molecule has 0 amide bonds. The Balaban J connectivity index is 1.74. The fourth-order valence-electron chi connectivity index (χ4n) is 4.22. The predicted octanol–water partition coefficient (Wildman–Crippen LogP) is 4.21. The maximum Gasteiger partial charge on any atom is 0.116 e. The number of imidazole rings is 1. The van der Waals surface area contributed by atoms with Gasteiger partial charge < -0.3 is 4.57 Å². The summed E-state index contributed by atoms with van der Waals surface area (Å²) < 4.78 is 16.2. The highest BCUT2D eigenvalue weighted by Crippen LogP contribution is 2.37. The van der Waals surface area contributed by atoms with Gasteiger partial charge in [-0.3, -0.25) is 15.0 Å². The summed E-state index contributed by atoms with van der Waals surface area (Å²) in [6.07, 6.45) is 6.76. The van der Waals surface area contributed by atoms with E-state index in [1.807, 2.05) is 19.1 Å². The topological polar surface area (TPSA) is 80.3 Å². The Morgan fingerprint density at radius 3 is 2.76 bits per heavy atom. The van der Waals surface area contributed by atoms with Crippen LogP contribution in [0, 0.1) is 18.3 Å². The van der Waals surface area contributed by atoms with Crippen LogP contribution in [-0.4, -0.2) is 30.7 Å². The summed E-state index contributed by atoms with van der Waals surface area (Å²) >= 11 is 0. The first-order valence-corrected chi connectivity index (χ1v) is 9.73. The third kappa shape index (κ3) is 3.11. The van der Waals surface area contributed by atoms with Crippen LogP contribution < -0.4 is 0 Å². The van der Waals surface area contributed by atoms with Crippen LogP contribution in [0.3, 0.4) is 0 Å². The molecule has 0 saturated heterocycles. The predicted molar refractivity (Wildman–Crippen MR) is 107 cm³/mol. The lowest BCUT2D eigenvalue weighted by Gasteiger charge is -2.17. The standard InChI is InChI=1S/C22H19FN6/c1-13-10-26-16(11-25-13)8-21-28-20-12-27-19-5-2-14(9-24)6-18(19)22(20)29(21)17-4-3-15(23)7-17/h2,5-6,10-12,15,17H,3-4,7-8H2,1H3/t15-,17+/m1/s1. The Labute approximate surface area is 167 Å². The second-order valence-electron chi connectivity index (χ2n) is 7.62. The molecule has 0 spiro atoms. The lowest BCUT2D eigenvalue weighted by molar-refractivity contribution is 0.330. The molecule has 1 fully saturated rings. The molecule has 1 aromatic carbocycles. The fourth-order valence-corrected chi connectivity index (χ4v) is 4.22. The summed E-state index contributed by atoms with van der Waals surface area (Å²) in [4.78, 5) is 18.1. The van der Waals surface area contributed by atoms with E-state index in [1.165, 1.54) is 0 Å². The quantitative estimate of drug-likeness (QED) is 0.527. The van der Waals surface area contributed by atoms with E-state index in [0.29, 0.717) is 24.8 Å². The van der Waals surface area contributed by atoms with Crippen LogP contribution in [-0.2, 0) is 6.42 Å². The highest BCUT2D eigenvalue weighted by atomic mass is 19.1. The largest absolute Gasteiger partial charge is 0.324 e. The van der Waals surface area contributed by atoms with Gasteiger partial charge in [0.1, 0.15) is 17.5 Å². The Morgan fingerprint density at radius 2 is 2.03 bits per heavy atom. The molecule has 1 aliphatic carbocycles. The van der Waals surface area contributed by atoms with Gasteiger partial charge in [-0.2, -0.15) is 5.26 Å². The van der Waals surface area contributed by atoms with E-state index in [9.17, 15) is 9.65 Å². The average Bonchev–Trinajstić information content (AvgIpc) is 3.32. The SMILES string of the molecule is Cc1cnc(Cc2nc3cnc4ccc(C#N)cc4c3n2[C@H]2CC[C@@H](F)C2)cn1. The first kappa shape index (κ1) is 17.7. The molecule has 1 saturated carbocycles. The number of nitriles is 1. The number of aryl methyl sites for hydroxylation is 1. The van der Waals surface area contributed by atoms with Crippen molar-refractivity contribution in [2.75, 3.05) is 0 Å². The van der Waals surface area contributed by atoms with Crippen molar-refractivity contribution in [2.24, 2.45) is 0 Å². The maximum absolute atomic E-state index is 14.1. The molecular formula is C22H19FN6. The van der Waals surface area contributed by atoms with E-state index < -0.39 is 6.17 Å². The van der Waals surface area contributed by atoms with Gasteiger partial charge in [0, 0.05) is 30.2 Å². The molecule has 3 heterocycles. The highest BCUT2D eigenvalue weighted by molar-refractivity contribution is 6.02. The van der Waals surface area contributed by atoms with Crippen LogP contribution in [0.5, 0.6) is 0 Å². The molecule has 6 nitrogen and oxygen atoms in total. The summed E-state index contributed by atoms with van der Waals surface area (Å²) in [5, 5.41) is 10.2. The first-order chi connectivity index (χ1) is 14.1. The van der Waals surface area contributed by atoms with Crippen molar-refractivity contribution in [1.82, 2.24) is 24.5 Å². The van der Waals surface area contributed by atoms with E-state index in [4.69, 9.17) is 4.98 Å². The minimum absolute atomic E-state index is 0.0275. The number of benzene rings is 1. The van der Waals surface area contributed by atoms with Crippen molar-refractivity contribution in [3.63, 3.8) is 0 Å². The number of pyridine rings is 1. The molecular weight excluding hydrogens is 367 g/mol. The number of nitrogens with zero attached hydrogens (tertiary/aromatic N) is 6. The molecule has 4 aromatic rings. The molecule has 0 radical (unpaired) electrons. The summed E-state index contributed by atoms with van der Waals surface area (Å²) in [5.41, 5.74) is 4.72. The number of hydrogen-bond acceptors (Lipinski definition) is 5. The summed E-state index contributed by atoms with van der Waals surface area (Å²) in [7, 11) is 0. The van der Waals surface area contributed by atoms with Crippen molar-refractivity contribution >= 4 is 21.9 Å². The second-order valence-corrected chi connectivity index (χ2v) is 7.62. The number of halogens is 1. The average molecular weight is 386 g/mol. The smallest absolute Gasteiger partial charge is 0.116 e. The second kappa shape index (κ2) is 6.89. The van der Waals surface area contributed by atoms with Crippen LogP contribution >= 0.6 is 0 Å². The molecule has 0 unspecified atom stereocenters. The highest BCUT2D eigenvalue weighted by Gasteiger charge is 2.29. The summed E-state index contributed by atoms with van der Waals surface area (Å²) in [6.45, 7) is 1.90. The van der Waals surface area contributed by atoms with Gasteiger partial charge in [0.25, 0.3) is 0 Å². The monoisotopic (exact) mass is 386 g/mol. The molecule has 7 heteroatoms. The molecule has 0 aliphatic heterocycles. The van der Waals surface area contributed by atoms with Gasteiger partial charge in [0.2, 0.25) is 0 Å². The van der Waals surface area contributed by atoms with Crippen molar-refractivity contribution in [3.8, 4) is 6.07 Å². The summed E-state index contributed by atoms with van der Waals surface area (Å²) in [6, 6.07) is 7.68. The lowest BCUT2D eigenvalue weighted by Crippen LogP contribution is -2.11. The van der Waals surface area contributed by atoms with Crippen molar-refractivity contribution in [1.29, 1.82) is 5.26 Å². The molecule has 1 aliphatic rings. The van der Waals surface area contributed by atoms with Gasteiger partial charge in [0.15, 0.2) is 0 Å². The molecule has 2 atom stereocenters. The van der Waals surface area contributed by atoms with E-state index in [0.717, 1.165) is 45.6 Å². The zero-order valence-corrected chi connectivity index (χ0v) is 16.0. The number of rotatable bonds is 3. The first-order valence-electron chi connectivity index (χ1n) is 9.73. The van der Waals surface area contributed by atoms with E-state index in [2.05, 4.69) is 25.6 Å². The van der Waals surface area contributed by atoms with Crippen LogP contribution in [0.15, 0.2) is 36.8 Å². The minimum atomic E-state index is -0.799. The molecule has 144 valence electrons. The van der Waals surface area contributed by atoms with Gasteiger partial charge in [-0.15, -0.1) is 0 Å². The third-order valence-electron chi connectivity index (χ3n) is 5.60. The molecule has 5 rings (SSSR count). The van der Waals surface area contributed by atoms with Gasteiger partial charge in [0.05, 0.1) is 40.3 Å². The van der Waals surface area contributed by atoms with Crippen molar-refractivity contribution in [2.45, 2.75) is 44.8 Å². The minimum Gasteiger partial charge on any atom is -0.324 e. The van der Waals surface area contributed by atoms with E-state index in [-0.39, 0.29) is 6.04 Å². The molecule has 0 N–H and O–H groups in total. The van der Waals surface area contributed by atoms with Crippen LogP contribution in [0.2, 0.25) is 0 Å². The van der Waals surface area contributed by atoms with E-state index in [1.54, 1.807) is 24.7 Å². The van der Waals surface area contributed by atoms with Crippen LogP contribution in [0.1, 0.15) is 48.1 Å². The Bertz CT molecular complexity index is 1250. The van der Waals surface area contributed by atoms with Gasteiger partial charge in [-0.25, -0.2) is 9.37 Å². The number of fused-ring (bicyclic) bond motifs is 3. The van der Waals surface area contributed by atoms with Gasteiger partial charge >= 0.3 is 0 Å². The number of hydrogen-bond donors (Lipinski definition) is 0. The van der Waals surface area contributed by atoms with Crippen molar-refractivity contribution in [3.05, 3.63) is 59.6 Å². The number of alkyl halides is 1. The third-order valence-corrected chi connectivity index (χ3v) is 5.60. The zero-order valence-electron chi connectivity index (χ0n) is 16.0. The van der Waals surface area contributed by atoms with Crippen LogP contribution in [0.25, 0.3) is 21.9 Å². The van der Waals surface area contributed by atoms with Gasteiger partial charge in [-0.1, -0.05) is 0 Å². The fraction of sp³-hybridized carbons (Fsp3) is 0.318. The Morgan fingerprint density at radius 1 is 1.14 bits per heavy atom.